The molecule has 0 saturated carbocycles. The number of aliphatic hydroxyl groups is 1. The van der Waals surface area contributed by atoms with Crippen LogP contribution >= 0.6 is 11.6 Å². The van der Waals surface area contributed by atoms with E-state index in [-0.39, 0.29) is 11.6 Å². The van der Waals surface area contributed by atoms with E-state index in [4.69, 9.17) is 11.6 Å². The van der Waals surface area contributed by atoms with Gasteiger partial charge in [0, 0.05) is 24.0 Å². The molecule has 0 amide bonds. The van der Waals surface area contributed by atoms with Gasteiger partial charge in [-0.2, -0.15) is 0 Å². The van der Waals surface area contributed by atoms with Crippen LogP contribution in [0.1, 0.15) is 29.3 Å². The van der Waals surface area contributed by atoms with Gasteiger partial charge in [-0.1, -0.05) is 23.7 Å². The van der Waals surface area contributed by atoms with E-state index < -0.39 is 11.9 Å². The highest BCUT2D eigenvalue weighted by Crippen LogP contribution is 2.29. The number of nitrogens with zero attached hydrogens (tertiary/aromatic N) is 3. The molecule has 1 atom stereocenters. The van der Waals surface area contributed by atoms with Crippen molar-refractivity contribution in [2.24, 2.45) is 0 Å². The van der Waals surface area contributed by atoms with Crippen molar-refractivity contribution in [2.45, 2.75) is 25.4 Å². The molecular weight excluding hydrogens is 367 g/mol. The predicted octanol–water partition coefficient (Wildman–Crippen LogP) is 3.97. The van der Waals surface area contributed by atoms with E-state index in [0.29, 0.717) is 22.9 Å². The zero-order valence-corrected chi connectivity index (χ0v) is 15.2. The number of nitrogens with one attached hydrogen (secondary N) is 1. The highest BCUT2D eigenvalue weighted by molar-refractivity contribution is 6.30. The summed E-state index contributed by atoms with van der Waals surface area (Å²) >= 11 is 5.70. The normalized spacial score (nSPS) is 14.0. The number of anilines is 1. The van der Waals surface area contributed by atoms with Crippen LogP contribution in [0.3, 0.4) is 0 Å². The molecule has 2 aromatic heterocycles. The van der Waals surface area contributed by atoms with Crippen LogP contribution in [0.2, 0.25) is 5.02 Å². The highest BCUT2D eigenvalue weighted by atomic mass is 35.5. The van der Waals surface area contributed by atoms with E-state index in [1.165, 1.54) is 12.1 Å². The number of rotatable bonds is 5. The molecule has 1 unspecified atom stereocenters. The number of halogens is 2. The first-order chi connectivity index (χ1) is 13.1. The van der Waals surface area contributed by atoms with Crippen molar-refractivity contribution >= 4 is 17.4 Å². The van der Waals surface area contributed by atoms with E-state index in [1.807, 2.05) is 18.2 Å². The molecule has 138 valence electrons. The Morgan fingerprint density at radius 3 is 2.85 bits per heavy atom. The van der Waals surface area contributed by atoms with Crippen LogP contribution in [-0.2, 0) is 12.8 Å². The summed E-state index contributed by atoms with van der Waals surface area (Å²) in [5.41, 5.74) is 3.25. The van der Waals surface area contributed by atoms with E-state index in [9.17, 15) is 9.50 Å². The van der Waals surface area contributed by atoms with Crippen LogP contribution in [-0.4, -0.2) is 26.6 Å². The second-order valence-electron chi connectivity index (χ2n) is 6.46. The molecule has 1 aromatic carbocycles. The molecule has 2 N–H and O–H groups in total. The van der Waals surface area contributed by atoms with Crippen molar-refractivity contribution in [2.75, 3.05) is 11.9 Å². The monoisotopic (exact) mass is 384 g/mol. The molecule has 4 rings (SSSR count). The first-order valence-corrected chi connectivity index (χ1v) is 9.17. The molecule has 0 radical (unpaired) electrons. The fourth-order valence-corrected chi connectivity index (χ4v) is 3.34. The lowest BCUT2D eigenvalue weighted by Crippen LogP contribution is -2.15. The summed E-state index contributed by atoms with van der Waals surface area (Å²) < 4.78 is 13.6. The fraction of sp³-hybridized carbons (Fsp3) is 0.250. The molecule has 5 nitrogen and oxygen atoms in total. The highest BCUT2D eigenvalue weighted by Gasteiger charge is 2.21. The quantitative estimate of drug-likeness (QED) is 0.696. The minimum atomic E-state index is -0.887. The topological polar surface area (TPSA) is 70.9 Å². The van der Waals surface area contributed by atoms with Gasteiger partial charge in [0.2, 0.25) is 0 Å². The molecule has 0 aliphatic heterocycles. The largest absolute Gasteiger partial charge is 0.387 e. The Bertz CT molecular complexity index is 968. The van der Waals surface area contributed by atoms with Gasteiger partial charge in [0.1, 0.15) is 17.3 Å². The Kier molecular flexibility index (Phi) is 5.01. The second-order valence-corrected chi connectivity index (χ2v) is 6.87. The third-order valence-corrected chi connectivity index (χ3v) is 4.92. The average molecular weight is 385 g/mol. The van der Waals surface area contributed by atoms with E-state index in [0.717, 1.165) is 30.5 Å². The lowest BCUT2D eigenvalue weighted by atomic mass is 10.1. The van der Waals surface area contributed by atoms with Crippen molar-refractivity contribution in [1.29, 1.82) is 0 Å². The standard InChI is InChI=1S/C20H18ClFN4O/c21-14-8-7-12(10-15(14)22)18(27)11-24-19-13-4-3-6-16(13)25-20(26-19)17-5-1-2-9-23-17/h1-2,5,7-10,18,27H,3-4,6,11H2,(H,24,25,26). The summed E-state index contributed by atoms with van der Waals surface area (Å²) in [6.07, 6.45) is 3.64. The third-order valence-electron chi connectivity index (χ3n) is 4.62. The van der Waals surface area contributed by atoms with Gasteiger partial charge in [-0.15, -0.1) is 0 Å². The van der Waals surface area contributed by atoms with Gasteiger partial charge < -0.3 is 10.4 Å². The number of aromatic nitrogens is 3. The molecular formula is C20H18ClFN4O. The van der Waals surface area contributed by atoms with Gasteiger partial charge in [-0.05, 0) is 49.1 Å². The Labute approximate surface area is 161 Å². The number of fused-ring (bicyclic) bond motifs is 1. The fourth-order valence-electron chi connectivity index (χ4n) is 3.22. The van der Waals surface area contributed by atoms with Crippen LogP contribution in [0.15, 0.2) is 42.6 Å². The molecule has 27 heavy (non-hydrogen) atoms. The number of pyridine rings is 1. The first kappa shape index (κ1) is 17.8. The molecule has 0 fully saturated rings. The van der Waals surface area contributed by atoms with Crippen LogP contribution in [0.4, 0.5) is 10.2 Å². The van der Waals surface area contributed by atoms with Crippen LogP contribution < -0.4 is 5.32 Å². The minimum Gasteiger partial charge on any atom is -0.387 e. The van der Waals surface area contributed by atoms with E-state index >= 15 is 0 Å². The van der Waals surface area contributed by atoms with Crippen molar-refractivity contribution in [1.82, 2.24) is 15.0 Å². The summed E-state index contributed by atoms with van der Waals surface area (Å²) in [5, 5.41) is 13.6. The lowest BCUT2D eigenvalue weighted by Gasteiger charge is -2.16. The van der Waals surface area contributed by atoms with Crippen LogP contribution in [0.25, 0.3) is 11.5 Å². The smallest absolute Gasteiger partial charge is 0.180 e. The average Bonchev–Trinajstić information content (AvgIpc) is 3.17. The molecule has 0 saturated heterocycles. The molecule has 2 heterocycles. The number of aryl methyl sites for hydroxylation is 1. The molecule has 1 aliphatic rings. The van der Waals surface area contributed by atoms with Crippen LogP contribution in [0.5, 0.6) is 0 Å². The zero-order chi connectivity index (χ0) is 18.8. The maximum absolute atomic E-state index is 13.6. The number of hydrogen-bond acceptors (Lipinski definition) is 5. The third kappa shape index (κ3) is 3.77. The van der Waals surface area contributed by atoms with E-state index in [2.05, 4.69) is 20.3 Å². The van der Waals surface area contributed by atoms with Gasteiger partial charge in [0.05, 0.1) is 11.1 Å². The Balaban J connectivity index is 1.58. The Morgan fingerprint density at radius 1 is 1.19 bits per heavy atom. The van der Waals surface area contributed by atoms with Gasteiger partial charge in [0.15, 0.2) is 5.82 Å². The predicted molar refractivity (Wildman–Crippen MR) is 102 cm³/mol. The number of benzene rings is 1. The van der Waals surface area contributed by atoms with Gasteiger partial charge >= 0.3 is 0 Å². The summed E-state index contributed by atoms with van der Waals surface area (Å²) in [4.78, 5) is 13.6. The van der Waals surface area contributed by atoms with Crippen molar-refractivity contribution in [3.8, 4) is 11.5 Å². The van der Waals surface area contributed by atoms with Crippen molar-refractivity contribution < 1.29 is 9.50 Å². The van der Waals surface area contributed by atoms with Crippen LogP contribution in [0, 0.1) is 5.82 Å². The summed E-state index contributed by atoms with van der Waals surface area (Å²) in [7, 11) is 0. The Morgan fingerprint density at radius 2 is 2.07 bits per heavy atom. The maximum Gasteiger partial charge on any atom is 0.180 e. The van der Waals surface area contributed by atoms with Crippen molar-refractivity contribution in [3.63, 3.8) is 0 Å². The summed E-state index contributed by atoms with van der Waals surface area (Å²) in [6, 6.07) is 9.91. The van der Waals surface area contributed by atoms with Crippen molar-refractivity contribution in [3.05, 3.63) is 70.3 Å². The molecule has 1 aliphatic carbocycles. The zero-order valence-electron chi connectivity index (χ0n) is 14.5. The molecule has 7 heteroatoms. The molecule has 0 bridgehead atoms. The first-order valence-electron chi connectivity index (χ1n) is 8.80. The van der Waals surface area contributed by atoms with E-state index in [1.54, 1.807) is 12.3 Å². The summed E-state index contributed by atoms with van der Waals surface area (Å²) in [5.74, 6) is 0.714. The molecule has 0 spiro atoms. The number of hydrogen-bond donors (Lipinski definition) is 2. The molecule has 3 aromatic rings. The number of aliphatic hydroxyl groups excluding tert-OH is 1. The summed E-state index contributed by atoms with van der Waals surface area (Å²) in [6.45, 7) is 0.201. The lowest BCUT2D eigenvalue weighted by molar-refractivity contribution is 0.191. The van der Waals surface area contributed by atoms with Gasteiger partial charge in [-0.3, -0.25) is 4.98 Å². The minimum absolute atomic E-state index is 0.0348. The maximum atomic E-state index is 13.6. The Hall–Kier alpha value is -2.57. The van der Waals surface area contributed by atoms with Gasteiger partial charge in [-0.25, -0.2) is 14.4 Å². The SMILES string of the molecule is OC(CNc1nc(-c2ccccn2)nc2c1CCC2)c1ccc(Cl)c(F)c1. The second kappa shape index (κ2) is 7.58. The van der Waals surface area contributed by atoms with Gasteiger partial charge in [0.25, 0.3) is 0 Å².